The molecule has 112 valence electrons. The fourth-order valence-corrected chi connectivity index (χ4v) is 2.95. The van der Waals surface area contributed by atoms with E-state index < -0.39 is 26.6 Å². The molecule has 0 aliphatic heterocycles. The molecule has 0 aliphatic rings. The normalized spacial score (nSPS) is 11.4. The zero-order chi connectivity index (χ0) is 15.8. The summed E-state index contributed by atoms with van der Waals surface area (Å²) in [6, 6.07) is 5.38. The highest BCUT2D eigenvalue weighted by atomic mass is 32.2. The molecule has 0 saturated carbocycles. The van der Waals surface area contributed by atoms with Crippen LogP contribution in [0.4, 0.5) is 14.5 Å². The van der Waals surface area contributed by atoms with E-state index >= 15 is 0 Å². The van der Waals surface area contributed by atoms with Gasteiger partial charge in [0.05, 0.1) is 10.6 Å². The van der Waals surface area contributed by atoms with Gasteiger partial charge in [-0.1, -0.05) is 6.07 Å². The van der Waals surface area contributed by atoms with Crippen molar-refractivity contribution in [1.82, 2.24) is 0 Å². The number of halogens is 2. The summed E-state index contributed by atoms with van der Waals surface area (Å²) in [6.07, 6.45) is 0. The van der Waals surface area contributed by atoms with Crippen molar-refractivity contribution in [2.75, 3.05) is 4.72 Å². The van der Waals surface area contributed by atoms with E-state index in [0.717, 1.165) is 17.7 Å². The molecule has 21 heavy (non-hydrogen) atoms. The average molecular weight is 313 g/mol. The quantitative estimate of drug-likeness (QED) is 0.856. The van der Waals surface area contributed by atoms with Crippen LogP contribution in [0.1, 0.15) is 11.1 Å². The van der Waals surface area contributed by atoms with Gasteiger partial charge in [-0.25, -0.2) is 17.2 Å². The maximum Gasteiger partial charge on any atom is 0.262 e. The van der Waals surface area contributed by atoms with Crippen LogP contribution in [0.3, 0.4) is 0 Å². The maximum atomic E-state index is 13.1. The molecule has 0 unspecified atom stereocenters. The molecule has 0 radical (unpaired) electrons. The van der Waals surface area contributed by atoms with E-state index in [1.165, 1.54) is 6.07 Å². The van der Waals surface area contributed by atoms with Gasteiger partial charge in [-0.2, -0.15) is 0 Å². The third-order valence-electron chi connectivity index (χ3n) is 2.89. The van der Waals surface area contributed by atoms with Gasteiger partial charge in [0.2, 0.25) is 0 Å². The smallest absolute Gasteiger partial charge is 0.262 e. The van der Waals surface area contributed by atoms with Gasteiger partial charge in [0.1, 0.15) is 5.75 Å². The maximum absolute atomic E-state index is 13.1. The molecular formula is C14H13F2NO3S. The molecule has 0 aromatic heterocycles. The third kappa shape index (κ3) is 3.13. The summed E-state index contributed by atoms with van der Waals surface area (Å²) in [5.74, 6) is -2.61. The number of hydrogen-bond donors (Lipinski definition) is 2. The molecule has 0 heterocycles. The first kappa shape index (κ1) is 15.2. The van der Waals surface area contributed by atoms with Gasteiger partial charge in [0.15, 0.2) is 11.6 Å². The fourth-order valence-electron chi connectivity index (χ4n) is 1.89. The minimum Gasteiger partial charge on any atom is -0.505 e. The van der Waals surface area contributed by atoms with Crippen LogP contribution in [0.2, 0.25) is 0 Å². The molecule has 0 spiro atoms. The van der Waals surface area contributed by atoms with Crippen molar-refractivity contribution < 1.29 is 22.3 Å². The average Bonchev–Trinajstić information content (AvgIpc) is 2.38. The highest BCUT2D eigenvalue weighted by Gasteiger charge is 2.19. The van der Waals surface area contributed by atoms with Crippen molar-refractivity contribution in [3.63, 3.8) is 0 Å². The Morgan fingerprint density at radius 1 is 1.05 bits per heavy atom. The second-order valence-electron chi connectivity index (χ2n) is 4.66. The molecule has 0 amide bonds. The summed E-state index contributed by atoms with van der Waals surface area (Å²) in [5.41, 5.74) is 1.23. The van der Waals surface area contributed by atoms with Crippen molar-refractivity contribution in [3.05, 3.63) is 53.1 Å². The summed E-state index contributed by atoms with van der Waals surface area (Å²) >= 11 is 0. The number of anilines is 1. The zero-order valence-corrected chi connectivity index (χ0v) is 12.1. The number of rotatable bonds is 3. The van der Waals surface area contributed by atoms with Gasteiger partial charge < -0.3 is 5.11 Å². The van der Waals surface area contributed by atoms with Crippen molar-refractivity contribution in [2.45, 2.75) is 18.7 Å². The first-order valence-corrected chi connectivity index (χ1v) is 7.47. The number of hydrogen-bond acceptors (Lipinski definition) is 3. The van der Waals surface area contributed by atoms with Crippen LogP contribution in [-0.2, 0) is 10.0 Å². The predicted molar refractivity (Wildman–Crippen MR) is 74.7 cm³/mol. The van der Waals surface area contributed by atoms with E-state index in [9.17, 15) is 22.3 Å². The Labute approximate surface area is 121 Å². The van der Waals surface area contributed by atoms with E-state index in [1.54, 1.807) is 19.9 Å². The van der Waals surface area contributed by atoms with Gasteiger partial charge in [0, 0.05) is 0 Å². The number of phenolic OH excluding ortho intramolecular Hbond substituents is 1. The Kier molecular flexibility index (Phi) is 3.87. The Morgan fingerprint density at radius 2 is 1.71 bits per heavy atom. The highest BCUT2D eigenvalue weighted by molar-refractivity contribution is 7.92. The lowest BCUT2D eigenvalue weighted by Gasteiger charge is -2.12. The number of benzene rings is 2. The Balaban J connectivity index is 2.44. The minimum atomic E-state index is -4.13. The van der Waals surface area contributed by atoms with Crippen molar-refractivity contribution in [1.29, 1.82) is 0 Å². The van der Waals surface area contributed by atoms with Crippen molar-refractivity contribution in [3.8, 4) is 5.75 Å². The number of aryl methyl sites for hydroxylation is 2. The SMILES string of the molecule is Cc1cc(C)c(O)c(NS(=O)(=O)c2ccc(F)c(F)c2)c1. The van der Waals surface area contributed by atoms with E-state index in [2.05, 4.69) is 4.72 Å². The molecule has 0 saturated heterocycles. The molecule has 2 aromatic rings. The van der Waals surface area contributed by atoms with Crippen LogP contribution in [-0.4, -0.2) is 13.5 Å². The summed E-state index contributed by atoms with van der Waals surface area (Å²) in [5, 5.41) is 9.87. The Morgan fingerprint density at radius 3 is 2.33 bits per heavy atom. The van der Waals surface area contributed by atoms with Gasteiger partial charge in [0.25, 0.3) is 10.0 Å². The molecule has 4 nitrogen and oxygen atoms in total. The third-order valence-corrected chi connectivity index (χ3v) is 4.25. The van der Waals surface area contributed by atoms with E-state index in [-0.39, 0.29) is 11.4 Å². The summed E-state index contributed by atoms with van der Waals surface area (Å²) in [4.78, 5) is -0.431. The molecule has 2 N–H and O–H groups in total. The topological polar surface area (TPSA) is 66.4 Å². The number of nitrogens with one attached hydrogen (secondary N) is 1. The summed E-state index contributed by atoms with van der Waals surface area (Å²) < 4.78 is 52.4. The lowest BCUT2D eigenvalue weighted by Crippen LogP contribution is -2.14. The number of sulfonamides is 1. The number of aromatic hydroxyl groups is 1. The lowest BCUT2D eigenvalue weighted by atomic mass is 10.1. The van der Waals surface area contributed by atoms with Gasteiger partial charge >= 0.3 is 0 Å². The Hall–Kier alpha value is -2.15. The van der Waals surface area contributed by atoms with Crippen molar-refractivity contribution >= 4 is 15.7 Å². The van der Waals surface area contributed by atoms with E-state index in [4.69, 9.17) is 0 Å². The molecule has 7 heteroatoms. The minimum absolute atomic E-state index is 0.0165. The molecule has 0 atom stereocenters. The second kappa shape index (κ2) is 5.33. The summed E-state index contributed by atoms with van der Waals surface area (Å²) in [6.45, 7) is 3.36. The highest BCUT2D eigenvalue weighted by Crippen LogP contribution is 2.30. The van der Waals surface area contributed by atoms with Crippen LogP contribution >= 0.6 is 0 Å². The van der Waals surface area contributed by atoms with Crippen LogP contribution in [0, 0.1) is 25.5 Å². The first-order valence-electron chi connectivity index (χ1n) is 5.99. The van der Waals surface area contributed by atoms with Gasteiger partial charge in [-0.05, 0) is 49.2 Å². The fraction of sp³-hybridized carbons (Fsp3) is 0.143. The molecule has 2 rings (SSSR count). The molecule has 0 aliphatic carbocycles. The second-order valence-corrected chi connectivity index (χ2v) is 6.34. The van der Waals surface area contributed by atoms with E-state index in [0.29, 0.717) is 11.6 Å². The molecular weight excluding hydrogens is 300 g/mol. The largest absolute Gasteiger partial charge is 0.505 e. The lowest BCUT2D eigenvalue weighted by molar-refractivity contribution is 0.473. The van der Waals surface area contributed by atoms with Crippen molar-refractivity contribution in [2.24, 2.45) is 0 Å². The summed E-state index contributed by atoms with van der Waals surface area (Å²) in [7, 11) is -4.13. The van der Waals surface area contributed by atoms with Gasteiger partial charge in [-0.15, -0.1) is 0 Å². The van der Waals surface area contributed by atoms with Gasteiger partial charge in [-0.3, -0.25) is 4.72 Å². The molecule has 0 fully saturated rings. The Bertz CT molecular complexity index is 804. The van der Waals surface area contributed by atoms with E-state index in [1.807, 2.05) is 0 Å². The van der Waals surface area contributed by atoms with Crippen LogP contribution < -0.4 is 4.72 Å². The predicted octanol–water partition coefficient (Wildman–Crippen LogP) is 3.09. The first-order chi connectivity index (χ1) is 9.70. The number of phenols is 1. The standard InChI is InChI=1S/C14H13F2NO3S/c1-8-5-9(2)14(18)13(6-8)17-21(19,20)10-3-4-11(15)12(16)7-10/h3-7,17-18H,1-2H3. The zero-order valence-electron chi connectivity index (χ0n) is 11.3. The molecule has 0 bridgehead atoms. The molecule has 2 aromatic carbocycles. The van der Waals surface area contributed by atoms with Crippen LogP contribution in [0.25, 0.3) is 0 Å². The van der Waals surface area contributed by atoms with Crippen LogP contribution in [0.15, 0.2) is 35.2 Å². The van der Waals surface area contributed by atoms with Crippen LogP contribution in [0.5, 0.6) is 5.75 Å². The monoisotopic (exact) mass is 313 g/mol.